The van der Waals surface area contributed by atoms with Crippen LogP contribution in [-0.2, 0) is 47.7 Å². The molecule has 0 aromatic rings. The van der Waals surface area contributed by atoms with E-state index in [0.717, 1.165) is 46.5 Å². The summed E-state index contributed by atoms with van der Waals surface area (Å²) in [5.74, 6) is -3.12. The maximum Gasteiger partial charge on any atom is 0.305 e. The van der Waals surface area contributed by atoms with Crippen molar-refractivity contribution in [1.82, 2.24) is 5.32 Å². The third-order valence-corrected chi connectivity index (χ3v) is 4.82. The average molecular weight is 474 g/mol. The zero-order valence-corrected chi connectivity index (χ0v) is 19.9. The molecule has 0 saturated carbocycles. The Balaban J connectivity index is 3.14. The second-order valence-corrected chi connectivity index (χ2v) is 7.86. The molecule has 0 unspecified atom stereocenters. The number of rotatable bonds is 12. The topological polar surface area (TPSA) is 144 Å². The van der Waals surface area contributed by atoms with Crippen LogP contribution in [0.5, 0.6) is 0 Å². The molecule has 11 nitrogen and oxygen atoms in total. The maximum atomic E-state index is 12.6. The highest BCUT2D eigenvalue weighted by Crippen LogP contribution is 2.28. The van der Waals surface area contributed by atoms with Crippen molar-refractivity contribution in [2.24, 2.45) is 0 Å². The van der Waals surface area contributed by atoms with Crippen molar-refractivity contribution < 1.29 is 47.7 Å². The predicted molar refractivity (Wildman–Crippen MR) is 113 cm³/mol. The molecule has 0 radical (unpaired) electrons. The number of amides is 1. The van der Waals surface area contributed by atoms with Crippen molar-refractivity contribution in [3.8, 4) is 0 Å². The van der Waals surface area contributed by atoms with Gasteiger partial charge in [0.15, 0.2) is 12.2 Å². The van der Waals surface area contributed by atoms with Gasteiger partial charge in [-0.1, -0.05) is 32.6 Å². The number of hydrogen-bond acceptors (Lipinski definition) is 10. The standard InChI is InChI=1S/C22H35NO10/c1-6-7-8-9-10-11-18(28)23-19-21(31-15(4)26)20(30-14(3)25)17(12-29-13(2)24)33-22(19)32-16(5)27/h17,19-22H,6-12H2,1-5H3,(H,23,28)/t17-,19+,20-,21+,22-/m1/s1. The molecule has 1 aliphatic heterocycles. The summed E-state index contributed by atoms with van der Waals surface area (Å²) >= 11 is 0. The molecule has 0 aromatic heterocycles. The van der Waals surface area contributed by atoms with E-state index in [0.29, 0.717) is 6.42 Å². The first-order chi connectivity index (χ1) is 15.5. The molecule has 0 bridgehead atoms. The summed E-state index contributed by atoms with van der Waals surface area (Å²) in [4.78, 5) is 59.2. The summed E-state index contributed by atoms with van der Waals surface area (Å²) in [5, 5.41) is 2.69. The third kappa shape index (κ3) is 10.6. The summed E-state index contributed by atoms with van der Waals surface area (Å²) in [6, 6.07) is -1.15. The first-order valence-corrected chi connectivity index (χ1v) is 11.1. The van der Waals surface area contributed by atoms with Gasteiger partial charge in [0.2, 0.25) is 12.2 Å². The molecular formula is C22H35NO10. The number of carbonyl (C=O) groups excluding carboxylic acids is 5. The fourth-order valence-electron chi connectivity index (χ4n) is 3.47. The van der Waals surface area contributed by atoms with Gasteiger partial charge in [0, 0.05) is 34.1 Å². The number of hydrogen-bond donors (Lipinski definition) is 1. The lowest BCUT2D eigenvalue weighted by Gasteiger charge is -2.44. The van der Waals surface area contributed by atoms with E-state index in [9.17, 15) is 24.0 Å². The van der Waals surface area contributed by atoms with Crippen molar-refractivity contribution in [2.45, 2.75) is 104 Å². The lowest BCUT2D eigenvalue weighted by molar-refractivity contribution is -0.271. The number of esters is 4. The van der Waals surface area contributed by atoms with E-state index in [1.54, 1.807) is 0 Å². The summed E-state index contributed by atoms with van der Waals surface area (Å²) in [5.41, 5.74) is 0. The Labute approximate surface area is 193 Å². The van der Waals surface area contributed by atoms with Crippen molar-refractivity contribution in [1.29, 1.82) is 0 Å². The van der Waals surface area contributed by atoms with Crippen LogP contribution in [0.2, 0.25) is 0 Å². The smallest absolute Gasteiger partial charge is 0.305 e. The van der Waals surface area contributed by atoms with Crippen LogP contribution < -0.4 is 5.32 Å². The van der Waals surface area contributed by atoms with Crippen molar-refractivity contribution in [3.05, 3.63) is 0 Å². The summed E-state index contributed by atoms with van der Waals surface area (Å²) in [7, 11) is 0. The minimum absolute atomic E-state index is 0.203. The van der Waals surface area contributed by atoms with Crippen molar-refractivity contribution >= 4 is 29.8 Å². The third-order valence-electron chi connectivity index (χ3n) is 4.82. The zero-order chi connectivity index (χ0) is 25.0. The molecule has 1 rings (SSSR count). The normalized spacial score (nSPS) is 24.3. The van der Waals surface area contributed by atoms with Crippen LogP contribution >= 0.6 is 0 Å². The fourth-order valence-corrected chi connectivity index (χ4v) is 3.47. The van der Waals surface area contributed by atoms with Gasteiger partial charge in [0.05, 0.1) is 0 Å². The molecule has 5 atom stereocenters. The van der Waals surface area contributed by atoms with Crippen LogP contribution in [0.1, 0.15) is 73.1 Å². The SMILES string of the molecule is CCCCCCCC(=O)N[C@@H]1[C@H](OC(C)=O)O[C@H](COC(C)=O)[C@@H](OC(C)=O)[C@H]1OC(C)=O. The maximum absolute atomic E-state index is 12.6. The highest BCUT2D eigenvalue weighted by molar-refractivity contribution is 5.76. The molecular weight excluding hydrogens is 438 g/mol. The Morgan fingerprint density at radius 3 is 1.88 bits per heavy atom. The molecule has 0 aliphatic carbocycles. The Hall–Kier alpha value is -2.69. The van der Waals surface area contributed by atoms with E-state index in [-0.39, 0.29) is 18.9 Å². The highest BCUT2D eigenvalue weighted by Gasteiger charge is 2.52. The molecule has 1 amide bonds. The zero-order valence-electron chi connectivity index (χ0n) is 19.9. The molecule has 1 saturated heterocycles. The van der Waals surface area contributed by atoms with Crippen molar-refractivity contribution in [2.75, 3.05) is 6.61 Å². The predicted octanol–water partition coefficient (Wildman–Crippen LogP) is 1.55. The van der Waals surface area contributed by atoms with E-state index >= 15 is 0 Å². The molecule has 1 heterocycles. The summed E-state index contributed by atoms with van der Waals surface area (Å²) in [6.07, 6.45) is -0.0783. The van der Waals surface area contributed by atoms with Crippen molar-refractivity contribution in [3.63, 3.8) is 0 Å². The second-order valence-electron chi connectivity index (χ2n) is 7.86. The van der Waals surface area contributed by atoms with E-state index < -0.39 is 54.5 Å². The molecule has 0 spiro atoms. The van der Waals surface area contributed by atoms with E-state index in [1.807, 2.05) is 0 Å². The Bertz CT molecular complexity index is 695. The first kappa shape index (κ1) is 28.3. The van der Waals surface area contributed by atoms with Gasteiger partial charge in [0.1, 0.15) is 18.8 Å². The fraction of sp³-hybridized carbons (Fsp3) is 0.773. The van der Waals surface area contributed by atoms with Gasteiger partial charge in [-0.15, -0.1) is 0 Å². The molecule has 1 fully saturated rings. The molecule has 1 aliphatic rings. The highest BCUT2D eigenvalue weighted by atomic mass is 16.7. The van der Waals surface area contributed by atoms with Gasteiger partial charge in [0.25, 0.3) is 0 Å². The second kappa shape index (κ2) is 14.5. The Morgan fingerprint density at radius 2 is 1.33 bits per heavy atom. The van der Waals surface area contributed by atoms with Gasteiger partial charge in [-0.25, -0.2) is 0 Å². The molecule has 11 heteroatoms. The quantitative estimate of drug-likeness (QED) is 0.252. The van der Waals surface area contributed by atoms with Gasteiger partial charge < -0.3 is 29.0 Å². The number of ether oxygens (including phenoxy) is 5. The minimum Gasteiger partial charge on any atom is -0.463 e. The van der Waals surface area contributed by atoms with E-state index in [2.05, 4.69) is 12.2 Å². The largest absolute Gasteiger partial charge is 0.463 e. The molecule has 1 N–H and O–H groups in total. The van der Waals surface area contributed by atoms with Crippen LogP contribution in [0.25, 0.3) is 0 Å². The minimum atomic E-state index is -1.37. The number of carbonyl (C=O) groups is 5. The summed E-state index contributed by atoms with van der Waals surface area (Å²) < 4.78 is 26.6. The summed E-state index contributed by atoms with van der Waals surface area (Å²) in [6.45, 7) is 6.36. The van der Waals surface area contributed by atoms with Crippen LogP contribution in [0, 0.1) is 0 Å². The first-order valence-electron chi connectivity index (χ1n) is 11.1. The molecule has 33 heavy (non-hydrogen) atoms. The number of nitrogens with one attached hydrogen (secondary N) is 1. The molecule has 0 aromatic carbocycles. The Morgan fingerprint density at radius 1 is 0.758 bits per heavy atom. The van der Waals surface area contributed by atoms with Crippen LogP contribution in [0.3, 0.4) is 0 Å². The van der Waals surface area contributed by atoms with Crippen LogP contribution in [0.15, 0.2) is 0 Å². The lowest BCUT2D eigenvalue weighted by Crippen LogP contribution is -2.67. The van der Waals surface area contributed by atoms with E-state index in [1.165, 1.54) is 6.92 Å². The monoisotopic (exact) mass is 473 g/mol. The molecule has 188 valence electrons. The van der Waals surface area contributed by atoms with Gasteiger partial charge in [-0.2, -0.15) is 0 Å². The lowest BCUT2D eigenvalue weighted by atomic mass is 9.95. The Kier molecular flexibility index (Phi) is 12.4. The van der Waals surface area contributed by atoms with Gasteiger partial charge >= 0.3 is 23.9 Å². The van der Waals surface area contributed by atoms with Gasteiger partial charge in [-0.3, -0.25) is 24.0 Å². The van der Waals surface area contributed by atoms with E-state index in [4.69, 9.17) is 23.7 Å². The number of unbranched alkanes of at least 4 members (excludes halogenated alkanes) is 4. The average Bonchev–Trinajstić information content (AvgIpc) is 2.69. The van der Waals surface area contributed by atoms with Gasteiger partial charge in [-0.05, 0) is 6.42 Å². The van der Waals surface area contributed by atoms with Crippen LogP contribution in [-0.4, -0.2) is 67.0 Å². The van der Waals surface area contributed by atoms with Crippen LogP contribution in [0.4, 0.5) is 0 Å².